The van der Waals surface area contributed by atoms with Crippen LogP contribution in [0.4, 0.5) is 23.2 Å². The van der Waals surface area contributed by atoms with Gasteiger partial charge in [-0.3, -0.25) is 14.4 Å². The molecule has 0 aromatic heterocycles. The summed E-state index contributed by atoms with van der Waals surface area (Å²) < 4.78 is 62.8. The van der Waals surface area contributed by atoms with E-state index in [2.05, 4.69) is 5.32 Å². The third-order valence-corrected chi connectivity index (χ3v) is 6.79. The third-order valence-electron chi connectivity index (χ3n) is 6.79. The fraction of sp³-hybridized carbons (Fsp3) is 0.467. The number of methoxy groups -OCH3 is 2. The highest BCUT2D eigenvalue weighted by atomic mass is 19.4. The van der Waals surface area contributed by atoms with Crippen LogP contribution in [-0.4, -0.2) is 81.6 Å². The molecule has 3 rings (SSSR count). The SMILES string of the molecule is CC.COC(OC)C(C)NC=O.C[N+]1(N(Cc2ccc(C(F)(F)F)cc2)C(=O)CN(C=O)c2ccc(C#N)cc2F)CCC1. The first-order valence-electron chi connectivity index (χ1n) is 13.8. The number of alkyl halides is 3. The van der Waals surface area contributed by atoms with Crippen LogP contribution in [0.25, 0.3) is 0 Å². The number of nitriles is 1. The van der Waals surface area contributed by atoms with Gasteiger partial charge in [0.1, 0.15) is 25.5 Å². The summed E-state index contributed by atoms with van der Waals surface area (Å²) in [6.45, 7) is 6.68. The Labute approximate surface area is 255 Å². The Balaban J connectivity index is 0.000000687. The van der Waals surface area contributed by atoms with Gasteiger partial charge in [-0.05, 0) is 42.8 Å². The number of ether oxygens (including phenoxy) is 2. The van der Waals surface area contributed by atoms with Crippen molar-refractivity contribution in [3.8, 4) is 6.07 Å². The molecule has 242 valence electrons. The van der Waals surface area contributed by atoms with Gasteiger partial charge in [0.2, 0.25) is 12.8 Å². The van der Waals surface area contributed by atoms with Crippen LogP contribution in [0, 0.1) is 17.1 Å². The number of carbonyl (C=O) groups is 3. The summed E-state index contributed by atoms with van der Waals surface area (Å²) in [6, 6.07) is 9.76. The lowest BCUT2D eigenvalue weighted by Gasteiger charge is -2.48. The molecule has 0 aliphatic carbocycles. The second-order valence-corrected chi connectivity index (χ2v) is 9.71. The van der Waals surface area contributed by atoms with Crippen molar-refractivity contribution in [2.24, 2.45) is 0 Å². The highest BCUT2D eigenvalue weighted by Gasteiger charge is 2.41. The normalized spacial score (nSPS) is 13.9. The average Bonchev–Trinajstić information content (AvgIpc) is 2.99. The molecule has 44 heavy (non-hydrogen) atoms. The van der Waals surface area contributed by atoms with Gasteiger partial charge in [-0.1, -0.05) is 26.0 Å². The van der Waals surface area contributed by atoms with Gasteiger partial charge in [-0.2, -0.15) is 23.4 Å². The maximum Gasteiger partial charge on any atom is 0.416 e. The van der Waals surface area contributed by atoms with Gasteiger partial charge in [0.05, 0.1) is 48.9 Å². The van der Waals surface area contributed by atoms with E-state index >= 15 is 0 Å². The molecule has 0 bridgehead atoms. The Morgan fingerprint density at radius 3 is 2.11 bits per heavy atom. The van der Waals surface area contributed by atoms with E-state index in [0.29, 0.717) is 31.5 Å². The molecular weight excluding hydrogens is 586 g/mol. The molecule has 1 aliphatic heterocycles. The molecule has 1 N–H and O–H groups in total. The lowest BCUT2D eigenvalue weighted by Crippen LogP contribution is -2.67. The summed E-state index contributed by atoms with van der Waals surface area (Å²) in [6.07, 6.45) is -3.01. The van der Waals surface area contributed by atoms with Crippen molar-refractivity contribution in [2.45, 2.75) is 52.2 Å². The van der Waals surface area contributed by atoms with Gasteiger partial charge in [0.15, 0.2) is 6.29 Å². The Hall–Kier alpha value is -4.06. The quantitative estimate of drug-likeness (QED) is 0.163. The standard InChI is InChI=1S/C22H21F4N4O2.C6H13NO3.C2H6/c1-30(9-2-10-30)29(13-16-3-6-18(7-4-16)22(24,25)26)21(32)14-28(15-31)20-8-5-17(12-27)11-19(20)23;1-5(7-4-8)6(9-2)10-3;1-2/h3-8,11,15H,2,9-10,13-14H2,1H3;4-6H,1-3H3,(H,7,8);1-2H3/q+1;;. The Kier molecular flexibility index (Phi) is 15.5. The van der Waals surface area contributed by atoms with Crippen LogP contribution >= 0.6 is 0 Å². The van der Waals surface area contributed by atoms with Gasteiger partial charge < -0.3 is 19.7 Å². The van der Waals surface area contributed by atoms with Crippen molar-refractivity contribution >= 4 is 24.4 Å². The minimum Gasteiger partial charge on any atom is -0.354 e. The summed E-state index contributed by atoms with van der Waals surface area (Å²) in [5.74, 6) is -1.30. The zero-order valence-corrected chi connectivity index (χ0v) is 25.7. The molecule has 1 saturated heterocycles. The van der Waals surface area contributed by atoms with Gasteiger partial charge in [0.25, 0.3) is 5.91 Å². The number of nitrogens with one attached hydrogen (secondary N) is 1. The summed E-state index contributed by atoms with van der Waals surface area (Å²) in [5, 5.41) is 12.9. The number of carbonyl (C=O) groups excluding carboxylic acids is 3. The van der Waals surface area contributed by atoms with E-state index in [9.17, 15) is 31.9 Å². The van der Waals surface area contributed by atoms with Crippen LogP contribution in [0.15, 0.2) is 42.5 Å². The summed E-state index contributed by atoms with van der Waals surface area (Å²) in [4.78, 5) is 35.6. The van der Waals surface area contributed by atoms with Gasteiger partial charge in [-0.25, -0.2) is 8.98 Å². The topological polar surface area (TPSA) is 112 Å². The molecule has 0 spiro atoms. The minimum atomic E-state index is -4.46. The predicted octanol–water partition coefficient (Wildman–Crippen LogP) is 4.24. The number of quaternary nitrogens is 1. The first-order chi connectivity index (χ1) is 20.8. The Bertz CT molecular complexity index is 1250. The van der Waals surface area contributed by atoms with E-state index in [1.54, 1.807) is 13.0 Å². The summed E-state index contributed by atoms with van der Waals surface area (Å²) in [7, 11) is 4.87. The molecule has 1 unspecified atom stereocenters. The van der Waals surface area contributed by atoms with E-state index in [0.717, 1.165) is 29.5 Å². The molecule has 3 amide bonds. The highest BCUT2D eigenvalue weighted by Crippen LogP contribution is 2.30. The van der Waals surface area contributed by atoms with Crippen LogP contribution < -0.4 is 10.2 Å². The maximum absolute atomic E-state index is 14.3. The van der Waals surface area contributed by atoms with Crippen molar-refractivity contribution < 1.29 is 46.0 Å². The van der Waals surface area contributed by atoms with Crippen molar-refractivity contribution in [1.29, 1.82) is 5.26 Å². The van der Waals surface area contributed by atoms with Crippen LogP contribution in [0.3, 0.4) is 0 Å². The largest absolute Gasteiger partial charge is 0.416 e. The first kappa shape index (κ1) is 38.0. The number of nitrogens with zero attached hydrogens (tertiary/aromatic N) is 4. The number of amides is 3. The molecule has 1 heterocycles. The number of rotatable bonds is 12. The number of hydrogen-bond acceptors (Lipinski definition) is 6. The van der Waals surface area contributed by atoms with Crippen LogP contribution in [0.5, 0.6) is 0 Å². The molecule has 1 aliphatic rings. The molecule has 14 heteroatoms. The number of likely N-dealkylation sites (tertiary alicyclic amines) is 1. The third kappa shape index (κ3) is 10.6. The van der Waals surface area contributed by atoms with Crippen molar-refractivity contribution in [3.63, 3.8) is 0 Å². The van der Waals surface area contributed by atoms with Gasteiger partial charge in [0, 0.05) is 14.2 Å². The minimum absolute atomic E-state index is 0.0377. The van der Waals surface area contributed by atoms with E-state index in [1.807, 2.05) is 20.9 Å². The van der Waals surface area contributed by atoms with Crippen LogP contribution in [0.2, 0.25) is 0 Å². The fourth-order valence-corrected chi connectivity index (χ4v) is 4.26. The molecule has 2 aromatic carbocycles. The smallest absolute Gasteiger partial charge is 0.354 e. The first-order valence-corrected chi connectivity index (χ1v) is 13.8. The Morgan fingerprint density at radius 1 is 1.11 bits per heavy atom. The van der Waals surface area contributed by atoms with Gasteiger partial charge in [-0.15, -0.1) is 0 Å². The molecule has 1 fully saturated rings. The van der Waals surface area contributed by atoms with E-state index < -0.39 is 30.0 Å². The van der Waals surface area contributed by atoms with Gasteiger partial charge >= 0.3 is 6.18 Å². The second kappa shape index (κ2) is 17.9. The molecule has 0 saturated carbocycles. The maximum atomic E-state index is 14.3. The number of halogens is 4. The lowest BCUT2D eigenvalue weighted by atomic mass is 10.1. The number of anilines is 1. The summed E-state index contributed by atoms with van der Waals surface area (Å²) in [5.41, 5.74) is -0.356. The van der Waals surface area contributed by atoms with Crippen molar-refractivity contribution in [2.75, 3.05) is 45.8 Å². The van der Waals surface area contributed by atoms with E-state index in [1.165, 1.54) is 43.5 Å². The monoisotopic (exact) mass is 626 g/mol. The van der Waals surface area contributed by atoms with Crippen molar-refractivity contribution in [3.05, 3.63) is 65.0 Å². The van der Waals surface area contributed by atoms with Crippen molar-refractivity contribution in [1.82, 2.24) is 10.3 Å². The Morgan fingerprint density at radius 2 is 1.70 bits per heavy atom. The zero-order chi connectivity index (χ0) is 33.5. The van der Waals surface area contributed by atoms with E-state index in [4.69, 9.17) is 14.7 Å². The predicted molar refractivity (Wildman–Crippen MR) is 155 cm³/mol. The average molecular weight is 627 g/mol. The van der Waals surface area contributed by atoms with Crippen LogP contribution in [-0.2, 0) is 36.6 Å². The number of hydrogen-bond donors (Lipinski definition) is 1. The molecule has 1 atom stereocenters. The summed E-state index contributed by atoms with van der Waals surface area (Å²) >= 11 is 0. The fourth-order valence-electron chi connectivity index (χ4n) is 4.26. The number of benzene rings is 2. The highest BCUT2D eigenvalue weighted by molar-refractivity contribution is 5.88. The molecule has 10 nitrogen and oxygen atoms in total. The molecular formula is C30H40F4N5O5+. The molecule has 0 radical (unpaired) electrons. The lowest BCUT2D eigenvalue weighted by molar-refractivity contribution is -1.04. The zero-order valence-electron chi connectivity index (χ0n) is 25.7. The molecule has 2 aromatic rings. The van der Waals surface area contributed by atoms with E-state index in [-0.39, 0.29) is 34.7 Å². The second-order valence-electron chi connectivity index (χ2n) is 9.71. The van der Waals surface area contributed by atoms with Crippen LogP contribution in [0.1, 0.15) is 43.9 Å².